The number of halogens is 1. The molecule has 0 atom stereocenters. The van der Waals surface area contributed by atoms with Gasteiger partial charge in [-0.05, 0) is 55.3 Å². The van der Waals surface area contributed by atoms with Crippen molar-refractivity contribution in [3.63, 3.8) is 0 Å². The minimum absolute atomic E-state index is 0.332. The second-order valence-corrected chi connectivity index (χ2v) is 8.80. The van der Waals surface area contributed by atoms with Crippen LogP contribution in [0.1, 0.15) is 19.4 Å². The maximum absolute atomic E-state index is 13.1. The molecule has 2 aromatic rings. The van der Waals surface area contributed by atoms with Gasteiger partial charge in [0, 0.05) is 36.9 Å². The highest BCUT2D eigenvalue weighted by molar-refractivity contribution is 7.89. The lowest BCUT2D eigenvalue weighted by molar-refractivity contribution is 0.336. The minimum Gasteiger partial charge on any atom is -0.494 e. The van der Waals surface area contributed by atoms with Gasteiger partial charge in [-0.25, -0.2) is 8.42 Å². The highest BCUT2D eigenvalue weighted by Gasteiger charge is 2.29. The Morgan fingerprint density at radius 2 is 1.78 bits per heavy atom. The Morgan fingerprint density at radius 1 is 1.04 bits per heavy atom. The third-order valence-corrected chi connectivity index (χ3v) is 6.89. The van der Waals surface area contributed by atoms with E-state index in [-0.39, 0.29) is 0 Å². The van der Waals surface area contributed by atoms with Crippen LogP contribution in [0.3, 0.4) is 0 Å². The molecule has 0 N–H and O–H groups in total. The van der Waals surface area contributed by atoms with Crippen LogP contribution in [-0.4, -0.2) is 45.5 Å². The number of hydrogen-bond donors (Lipinski definition) is 0. The van der Waals surface area contributed by atoms with Crippen molar-refractivity contribution in [3.8, 4) is 5.75 Å². The number of ether oxygens (including phenoxy) is 1. The molecule has 0 saturated carbocycles. The summed E-state index contributed by atoms with van der Waals surface area (Å²) in [5.41, 5.74) is 1.93. The van der Waals surface area contributed by atoms with E-state index in [1.54, 1.807) is 22.5 Å². The molecule has 0 unspecified atom stereocenters. The van der Waals surface area contributed by atoms with Gasteiger partial charge >= 0.3 is 0 Å². The molecule has 0 spiro atoms. The zero-order valence-electron chi connectivity index (χ0n) is 15.7. The fourth-order valence-corrected chi connectivity index (χ4v) is 4.96. The van der Waals surface area contributed by atoms with Gasteiger partial charge in [0.15, 0.2) is 0 Å². The predicted octanol–water partition coefficient (Wildman–Crippen LogP) is 3.81. The van der Waals surface area contributed by atoms with Gasteiger partial charge in [-0.1, -0.05) is 24.6 Å². The first kappa shape index (κ1) is 20.0. The zero-order valence-corrected chi connectivity index (χ0v) is 17.3. The van der Waals surface area contributed by atoms with Crippen molar-refractivity contribution < 1.29 is 13.2 Å². The van der Waals surface area contributed by atoms with Gasteiger partial charge < -0.3 is 9.64 Å². The molecule has 7 heteroatoms. The van der Waals surface area contributed by atoms with Crippen LogP contribution in [0.2, 0.25) is 5.02 Å². The van der Waals surface area contributed by atoms with E-state index in [1.807, 2.05) is 38.1 Å². The number of nitrogens with zero attached hydrogens (tertiary/aromatic N) is 2. The van der Waals surface area contributed by atoms with E-state index in [1.165, 1.54) is 0 Å². The largest absolute Gasteiger partial charge is 0.494 e. The Labute approximate surface area is 166 Å². The molecule has 1 heterocycles. The monoisotopic (exact) mass is 408 g/mol. The van der Waals surface area contributed by atoms with E-state index in [4.69, 9.17) is 16.3 Å². The zero-order chi connectivity index (χ0) is 19.4. The van der Waals surface area contributed by atoms with Gasteiger partial charge in [-0.2, -0.15) is 4.31 Å². The average Bonchev–Trinajstić information content (AvgIpc) is 2.68. The van der Waals surface area contributed by atoms with E-state index in [0.717, 1.165) is 23.4 Å². The molecule has 0 bridgehead atoms. The van der Waals surface area contributed by atoms with Crippen LogP contribution in [0, 0.1) is 0 Å². The molecule has 1 aliphatic heterocycles. The fourth-order valence-electron chi connectivity index (χ4n) is 3.30. The van der Waals surface area contributed by atoms with E-state index in [0.29, 0.717) is 42.7 Å². The summed E-state index contributed by atoms with van der Waals surface area (Å²) in [6, 6.07) is 12.8. The Balaban J connectivity index is 1.75. The van der Waals surface area contributed by atoms with Crippen molar-refractivity contribution >= 4 is 27.3 Å². The van der Waals surface area contributed by atoms with Gasteiger partial charge in [-0.3, -0.25) is 0 Å². The molecule has 27 heavy (non-hydrogen) atoms. The van der Waals surface area contributed by atoms with E-state index in [9.17, 15) is 8.42 Å². The van der Waals surface area contributed by atoms with Crippen LogP contribution in [0.4, 0.5) is 5.69 Å². The summed E-state index contributed by atoms with van der Waals surface area (Å²) in [5.74, 6) is 0.754. The Bertz CT molecular complexity index is 894. The third kappa shape index (κ3) is 4.39. The van der Waals surface area contributed by atoms with Gasteiger partial charge in [0.25, 0.3) is 0 Å². The first-order chi connectivity index (χ1) is 13.0. The third-order valence-electron chi connectivity index (χ3n) is 4.76. The lowest BCUT2D eigenvalue weighted by Gasteiger charge is -2.35. The number of hydrogen-bond acceptors (Lipinski definition) is 4. The van der Waals surface area contributed by atoms with Gasteiger partial charge in [-0.15, -0.1) is 0 Å². The van der Waals surface area contributed by atoms with Crippen LogP contribution in [0.25, 0.3) is 0 Å². The van der Waals surface area contributed by atoms with Crippen molar-refractivity contribution in [1.29, 1.82) is 0 Å². The molecule has 0 amide bonds. The van der Waals surface area contributed by atoms with Crippen molar-refractivity contribution in [3.05, 3.63) is 53.1 Å². The molecule has 1 saturated heterocycles. The van der Waals surface area contributed by atoms with Crippen LogP contribution >= 0.6 is 11.6 Å². The number of sulfonamides is 1. The maximum Gasteiger partial charge on any atom is 0.243 e. The van der Waals surface area contributed by atoms with Crippen LogP contribution < -0.4 is 9.64 Å². The second kappa shape index (κ2) is 8.50. The number of anilines is 1. The normalized spacial score (nSPS) is 15.7. The Kier molecular flexibility index (Phi) is 6.29. The molecular weight excluding hydrogens is 384 g/mol. The molecule has 0 aromatic heterocycles. The topological polar surface area (TPSA) is 49.9 Å². The summed E-state index contributed by atoms with van der Waals surface area (Å²) < 4.78 is 33.3. The number of benzene rings is 2. The molecule has 1 fully saturated rings. The molecule has 5 nitrogen and oxygen atoms in total. The maximum atomic E-state index is 13.1. The average molecular weight is 409 g/mol. The van der Waals surface area contributed by atoms with Gasteiger partial charge in [0.05, 0.1) is 11.5 Å². The summed E-state index contributed by atoms with van der Waals surface area (Å²) in [4.78, 5) is 2.49. The van der Waals surface area contributed by atoms with Crippen molar-refractivity contribution in [1.82, 2.24) is 4.31 Å². The van der Waals surface area contributed by atoms with E-state index < -0.39 is 10.0 Å². The highest BCUT2D eigenvalue weighted by atomic mass is 35.5. The van der Waals surface area contributed by atoms with Gasteiger partial charge in [0.2, 0.25) is 10.0 Å². The molecular formula is C20H25ClN2O3S. The van der Waals surface area contributed by atoms with E-state index >= 15 is 0 Å². The van der Waals surface area contributed by atoms with Crippen molar-refractivity contribution in [2.24, 2.45) is 0 Å². The molecule has 0 radical (unpaired) electrons. The number of piperazine rings is 1. The second-order valence-electron chi connectivity index (χ2n) is 6.43. The molecule has 146 valence electrons. The first-order valence-electron chi connectivity index (χ1n) is 9.22. The molecule has 3 rings (SSSR count). The summed E-state index contributed by atoms with van der Waals surface area (Å²) in [6.07, 6.45) is 0.723. The van der Waals surface area contributed by atoms with Gasteiger partial charge in [0.1, 0.15) is 5.75 Å². The van der Waals surface area contributed by atoms with Crippen LogP contribution in [-0.2, 0) is 16.4 Å². The molecule has 0 aliphatic carbocycles. The highest BCUT2D eigenvalue weighted by Crippen LogP contribution is 2.27. The number of aryl methyl sites for hydroxylation is 1. The van der Waals surface area contributed by atoms with Crippen LogP contribution in [0.5, 0.6) is 5.75 Å². The first-order valence-corrected chi connectivity index (χ1v) is 11.0. The fraction of sp³-hybridized carbons (Fsp3) is 0.400. The SMILES string of the molecule is CCOc1ccc(S(=O)(=O)N2CCN(c3cccc(Cl)c3)CC2)cc1CC. The Morgan fingerprint density at radius 3 is 2.41 bits per heavy atom. The van der Waals surface area contributed by atoms with E-state index in [2.05, 4.69) is 4.90 Å². The van der Waals surface area contributed by atoms with Crippen LogP contribution in [0.15, 0.2) is 47.4 Å². The summed E-state index contributed by atoms with van der Waals surface area (Å²) in [5, 5.41) is 0.684. The smallest absolute Gasteiger partial charge is 0.243 e. The summed E-state index contributed by atoms with van der Waals surface area (Å²) in [7, 11) is -3.52. The van der Waals surface area contributed by atoms with Crippen molar-refractivity contribution in [2.75, 3.05) is 37.7 Å². The number of rotatable bonds is 6. The summed E-state index contributed by atoms with van der Waals surface area (Å²) in [6.45, 7) is 6.65. The van der Waals surface area contributed by atoms with Crippen molar-refractivity contribution in [2.45, 2.75) is 25.2 Å². The molecule has 1 aliphatic rings. The minimum atomic E-state index is -3.52. The summed E-state index contributed by atoms with van der Waals surface area (Å²) >= 11 is 6.07. The lowest BCUT2D eigenvalue weighted by atomic mass is 10.1. The predicted molar refractivity (Wildman–Crippen MR) is 109 cm³/mol. The standard InChI is InChI=1S/C20H25ClN2O3S/c1-3-16-14-19(8-9-20(16)26-4-2)27(24,25)23-12-10-22(11-13-23)18-7-5-6-17(21)15-18/h5-9,14-15H,3-4,10-13H2,1-2H3. The molecule has 2 aromatic carbocycles. The Hall–Kier alpha value is -1.76. The quantitative estimate of drug-likeness (QED) is 0.729. The lowest BCUT2D eigenvalue weighted by Crippen LogP contribution is -2.48.